The summed E-state index contributed by atoms with van der Waals surface area (Å²) in [5.74, 6) is -0.856. The topological polar surface area (TPSA) is 75.7 Å². The summed E-state index contributed by atoms with van der Waals surface area (Å²) in [6.07, 6.45) is 1.79. The van der Waals surface area contributed by atoms with Crippen molar-refractivity contribution in [1.29, 1.82) is 0 Å². The second-order valence-corrected chi connectivity index (χ2v) is 8.59. The van der Waals surface area contributed by atoms with Crippen LogP contribution < -0.4 is 5.32 Å². The van der Waals surface area contributed by atoms with Crippen molar-refractivity contribution in [2.24, 2.45) is 11.3 Å². The number of halogens is 1. The average molecular weight is 409 g/mol. The van der Waals surface area contributed by atoms with Gasteiger partial charge in [0.1, 0.15) is 0 Å². The Morgan fingerprint density at radius 3 is 2.50 bits per heavy atom. The van der Waals surface area contributed by atoms with Crippen LogP contribution in [0.2, 0.25) is 5.02 Å². The Bertz CT molecular complexity index is 707. The molecule has 7 heteroatoms. The van der Waals surface area contributed by atoms with Gasteiger partial charge in [-0.25, -0.2) is 0 Å². The number of amides is 2. The fourth-order valence-corrected chi connectivity index (χ4v) is 3.35. The first-order valence-corrected chi connectivity index (χ1v) is 10.0. The molecule has 1 fully saturated rings. The summed E-state index contributed by atoms with van der Waals surface area (Å²) < 4.78 is 5.15. The lowest BCUT2D eigenvalue weighted by atomic mass is 9.91. The summed E-state index contributed by atoms with van der Waals surface area (Å²) in [5, 5.41) is 3.40. The van der Waals surface area contributed by atoms with Crippen molar-refractivity contribution < 1.29 is 19.1 Å². The molecule has 1 N–H and O–H groups in total. The number of hydrogen-bond acceptors (Lipinski definition) is 4. The third-order valence-electron chi connectivity index (χ3n) is 4.73. The molecule has 0 radical (unpaired) electrons. The largest absolute Gasteiger partial charge is 0.455 e. The van der Waals surface area contributed by atoms with Crippen molar-refractivity contribution in [3.63, 3.8) is 0 Å². The Morgan fingerprint density at radius 2 is 1.89 bits per heavy atom. The summed E-state index contributed by atoms with van der Waals surface area (Å²) in [4.78, 5) is 38.1. The number of piperidine rings is 1. The fraction of sp³-hybridized carbons (Fsp3) is 0.571. The SMILES string of the molecule is CC(C)(C)C(=O)N1CCC(C(=O)OCC(=O)NCCc2cccc(Cl)c2)CC1. The van der Waals surface area contributed by atoms with E-state index >= 15 is 0 Å². The lowest BCUT2D eigenvalue weighted by Crippen LogP contribution is -2.45. The molecule has 1 saturated heterocycles. The van der Waals surface area contributed by atoms with E-state index in [0.717, 1.165) is 5.56 Å². The first-order valence-electron chi connectivity index (χ1n) is 9.64. The van der Waals surface area contributed by atoms with Gasteiger partial charge in [-0.05, 0) is 37.0 Å². The van der Waals surface area contributed by atoms with E-state index in [2.05, 4.69) is 5.32 Å². The number of esters is 1. The van der Waals surface area contributed by atoms with E-state index < -0.39 is 5.41 Å². The van der Waals surface area contributed by atoms with Crippen LogP contribution in [0.5, 0.6) is 0 Å². The second-order valence-electron chi connectivity index (χ2n) is 8.15. The van der Waals surface area contributed by atoms with Gasteiger partial charge in [0, 0.05) is 30.1 Å². The molecule has 0 aliphatic carbocycles. The van der Waals surface area contributed by atoms with Crippen LogP contribution in [0, 0.1) is 11.3 Å². The molecule has 1 aromatic carbocycles. The molecular formula is C21H29ClN2O4. The fourth-order valence-electron chi connectivity index (χ4n) is 3.14. The molecule has 0 saturated carbocycles. The molecule has 0 spiro atoms. The number of ether oxygens (including phenoxy) is 1. The van der Waals surface area contributed by atoms with Crippen LogP contribution in [0.1, 0.15) is 39.2 Å². The zero-order valence-electron chi connectivity index (χ0n) is 16.8. The number of benzene rings is 1. The molecule has 2 amide bonds. The summed E-state index contributed by atoms with van der Waals surface area (Å²) in [6.45, 7) is 6.92. The number of carbonyl (C=O) groups excluding carboxylic acids is 3. The van der Waals surface area contributed by atoms with Gasteiger partial charge in [0.25, 0.3) is 5.91 Å². The van der Waals surface area contributed by atoms with Gasteiger partial charge in [-0.15, -0.1) is 0 Å². The normalized spacial score (nSPS) is 15.2. The monoisotopic (exact) mass is 408 g/mol. The highest BCUT2D eigenvalue weighted by molar-refractivity contribution is 6.30. The Labute approximate surface area is 171 Å². The van der Waals surface area contributed by atoms with Gasteiger partial charge in [-0.1, -0.05) is 44.5 Å². The molecule has 0 atom stereocenters. The molecule has 0 aromatic heterocycles. The predicted octanol–water partition coefficient (Wildman–Crippen LogP) is 2.83. The smallest absolute Gasteiger partial charge is 0.309 e. The van der Waals surface area contributed by atoms with Crippen molar-refractivity contribution in [3.05, 3.63) is 34.9 Å². The number of likely N-dealkylation sites (tertiary alicyclic amines) is 1. The molecule has 28 heavy (non-hydrogen) atoms. The van der Waals surface area contributed by atoms with E-state index in [1.165, 1.54) is 0 Å². The van der Waals surface area contributed by atoms with E-state index in [9.17, 15) is 14.4 Å². The highest BCUT2D eigenvalue weighted by Gasteiger charge is 2.33. The van der Waals surface area contributed by atoms with Gasteiger partial charge >= 0.3 is 5.97 Å². The predicted molar refractivity (Wildman–Crippen MR) is 108 cm³/mol. The highest BCUT2D eigenvalue weighted by Crippen LogP contribution is 2.24. The molecule has 0 bridgehead atoms. The Kier molecular flexibility index (Phi) is 7.87. The third-order valence-corrected chi connectivity index (χ3v) is 4.96. The van der Waals surface area contributed by atoms with E-state index in [1.54, 1.807) is 11.0 Å². The third kappa shape index (κ3) is 6.82. The maximum Gasteiger partial charge on any atom is 0.309 e. The molecule has 154 valence electrons. The van der Waals surface area contributed by atoms with E-state index in [-0.39, 0.29) is 30.3 Å². The number of carbonyl (C=O) groups is 3. The molecule has 1 heterocycles. The number of nitrogens with one attached hydrogen (secondary N) is 1. The van der Waals surface area contributed by atoms with Crippen LogP contribution >= 0.6 is 11.6 Å². The maximum atomic E-state index is 12.3. The van der Waals surface area contributed by atoms with Crippen molar-refractivity contribution in [2.45, 2.75) is 40.0 Å². The Hall–Kier alpha value is -2.08. The Balaban J connectivity index is 1.65. The maximum absolute atomic E-state index is 12.3. The zero-order chi connectivity index (χ0) is 20.7. The minimum atomic E-state index is -0.420. The van der Waals surface area contributed by atoms with Crippen LogP contribution in [0.25, 0.3) is 0 Å². The molecule has 1 aliphatic rings. The van der Waals surface area contributed by atoms with E-state index in [1.807, 2.05) is 39.0 Å². The highest BCUT2D eigenvalue weighted by atomic mass is 35.5. The van der Waals surface area contributed by atoms with Gasteiger partial charge < -0.3 is 15.0 Å². The Morgan fingerprint density at radius 1 is 1.21 bits per heavy atom. The lowest BCUT2D eigenvalue weighted by molar-refractivity contribution is -0.155. The minimum Gasteiger partial charge on any atom is -0.455 e. The number of nitrogens with zero attached hydrogens (tertiary/aromatic N) is 1. The number of hydrogen-bond donors (Lipinski definition) is 1. The van der Waals surface area contributed by atoms with Gasteiger partial charge in [0.2, 0.25) is 5.91 Å². The van der Waals surface area contributed by atoms with Crippen LogP contribution in [0.3, 0.4) is 0 Å². The van der Waals surface area contributed by atoms with E-state index in [0.29, 0.717) is 43.9 Å². The van der Waals surface area contributed by atoms with Gasteiger partial charge in [0.05, 0.1) is 5.92 Å². The summed E-state index contributed by atoms with van der Waals surface area (Å²) in [5.41, 5.74) is 0.609. The molecule has 2 rings (SSSR count). The van der Waals surface area contributed by atoms with Crippen LogP contribution in [-0.2, 0) is 25.5 Å². The summed E-state index contributed by atoms with van der Waals surface area (Å²) in [7, 11) is 0. The lowest BCUT2D eigenvalue weighted by Gasteiger charge is -2.34. The molecule has 6 nitrogen and oxygen atoms in total. The molecule has 1 aliphatic heterocycles. The van der Waals surface area contributed by atoms with Crippen LogP contribution in [0.15, 0.2) is 24.3 Å². The van der Waals surface area contributed by atoms with Crippen molar-refractivity contribution in [3.8, 4) is 0 Å². The minimum absolute atomic E-state index is 0.0957. The van der Waals surface area contributed by atoms with Crippen molar-refractivity contribution >= 4 is 29.4 Å². The zero-order valence-corrected chi connectivity index (χ0v) is 17.6. The van der Waals surface area contributed by atoms with Crippen molar-refractivity contribution in [2.75, 3.05) is 26.2 Å². The van der Waals surface area contributed by atoms with E-state index in [4.69, 9.17) is 16.3 Å². The number of rotatable bonds is 6. The standard InChI is InChI=1S/C21H29ClN2O4/c1-21(2,3)20(27)24-11-8-16(9-12-24)19(26)28-14-18(25)23-10-7-15-5-4-6-17(22)13-15/h4-6,13,16H,7-12,14H2,1-3H3,(H,23,25). The van der Waals surface area contributed by atoms with Gasteiger partial charge in [-0.2, -0.15) is 0 Å². The molecular weight excluding hydrogens is 380 g/mol. The van der Waals surface area contributed by atoms with Crippen LogP contribution in [-0.4, -0.2) is 48.9 Å². The summed E-state index contributed by atoms with van der Waals surface area (Å²) in [6, 6.07) is 7.45. The average Bonchev–Trinajstić information content (AvgIpc) is 2.65. The van der Waals surface area contributed by atoms with Gasteiger partial charge in [-0.3, -0.25) is 14.4 Å². The van der Waals surface area contributed by atoms with Gasteiger partial charge in [0.15, 0.2) is 6.61 Å². The summed E-state index contributed by atoms with van der Waals surface area (Å²) >= 11 is 5.93. The van der Waals surface area contributed by atoms with Crippen LogP contribution in [0.4, 0.5) is 0 Å². The first kappa shape index (κ1) is 22.2. The molecule has 0 unspecified atom stereocenters. The molecule has 1 aromatic rings. The quantitative estimate of drug-likeness (QED) is 0.734. The van der Waals surface area contributed by atoms with Crippen molar-refractivity contribution in [1.82, 2.24) is 10.2 Å². The first-order chi connectivity index (χ1) is 13.2. The second kappa shape index (κ2) is 9.92.